The molecule has 0 fully saturated rings. The number of rotatable bonds is 3. The van der Waals surface area contributed by atoms with E-state index in [1.54, 1.807) is 25.5 Å². The van der Waals surface area contributed by atoms with Gasteiger partial charge in [0.2, 0.25) is 0 Å². The molecule has 2 heterocycles. The quantitative estimate of drug-likeness (QED) is 0.743. The third kappa shape index (κ3) is 2.23. The molecule has 114 valence electrons. The molecule has 0 saturated heterocycles. The zero-order valence-corrected chi connectivity index (χ0v) is 13.4. The molecular weight excluding hydrogens is 300 g/mol. The van der Waals surface area contributed by atoms with Crippen molar-refractivity contribution >= 4 is 10.0 Å². The molecule has 0 aliphatic heterocycles. The normalized spacial score (nSPS) is 11.8. The molecule has 0 atom stereocenters. The summed E-state index contributed by atoms with van der Waals surface area (Å²) in [7, 11) is -3.74. The second kappa shape index (κ2) is 5.10. The van der Waals surface area contributed by atoms with Crippen LogP contribution < -0.4 is 0 Å². The van der Waals surface area contributed by atoms with Crippen LogP contribution in [-0.4, -0.2) is 27.4 Å². The van der Waals surface area contributed by atoms with E-state index in [4.69, 9.17) is 0 Å². The van der Waals surface area contributed by atoms with E-state index in [9.17, 15) is 8.42 Å². The maximum Gasteiger partial charge on any atom is 0.286 e. The summed E-state index contributed by atoms with van der Waals surface area (Å²) in [6.45, 7) is 5.23. The highest BCUT2D eigenvalue weighted by atomic mass is 32.2. The number of hydrogen-bond acceptors (Lipinski definition) is 4. The Balaban J connectivity index is 2.19. The highest BCUT2D eigenvalue weighted by molar-refractivity contribution is 7.90. The van der Waals surface area contributed by atoms with Crippen LogP contribution in [0.2, 0.25) is 0 Å². The lowest BCUT2D eigenvalue weighted by atomic mass is 10.3. The maximum atomic E-state index is 12.8. The molecule has 0 radical (unpaired) electrons. The summed E-state index contributed by atoms with van der Waals surface area (Å²) >= 11 is 0. The van der Waals surface area contributed by atoms with E-state index in [0.717, 1.165) is 15.3 Å². The van der Waals surface area contributed by atoms with E-state index in [-0.39, 0.29) is 4.90 Å². The zero-order chi connectivity index (χ0) is 15.9. The average molecular weight is 316 g/mol. The van der Waals surface area contributed by atoms with Gasteiger partial charge >= 0.3 is 0 Å². The van der Waals surface area contributed by atoms with Gasteiger partial charge in [0.1, 0.15) is 4.90 Å². The van der Waals surface area contributed by atoms with E-state index < -0.39 is 10.0 Å². The lowest BCUT2D eigenvalue weighted by Gasteiger charge is -2.06. The second-order valence-electron chi connectivity index (χ2n) is 5.14. The molecule has 3 rings (SSSR count). The molecule has 6 nitrogen and oxygen atoms in total. The Hall–Kier alpha value is -2.41. The number of aryl methyl sites for hydroxylation is 2. The van der Waals surface area contributed by atoms with Crippen molar-refractivity contribution in [2.24, 2.45) is 0 Å². The van der Waals surface area contributed by atoms with Gasteiger partial charge in [-0.25, -0.2) is 4.68 Å². The van der Waals surface area contributed by atoms with Gasteiger partial charge in [0.05, 0.1) is 23.3 Å². The Morgan fingerprint density at radius 2 is 1.73 bits per heavy atom. The van der Waals surface area contributed by atoms with E-state index in [2.05, 4.69) is 10.2 Å². The van der Waals surface area contributed by atoms with Crippen molar-refractivity contribution in [1.29, 1.82) is 0 Å². The predicted molar refractivity (Wildman–Crippen MR) is 82.6 cm³/mol. The fourth-order valence-electron chi connectivity index (χ4n) is 2.44. The first kappa shape index (κ1) is 14.5. The van der Waals surface area contributed by atoms with Gasteiger partial charge in [0, 0.05) is 6.20 Å². The van der Waals surface area contributed by atoms with Gasteiger partial charge in [-0.1, -0.05) is 18.2 Å². The summed E-state index contributed by atoms with van der Waals surface area (Å²) in [5, 5.41) is 8.30. The lowest BCUT2D eigenvalue weighted by molar-refractivity contribution is 0.578. The molecule has 0 spiro atoms. The fraction of sp³-hybridized carbons (Fsp3) is 0.200. The fourth-order valence-corrected chi connectivity index (χ4v) is 3.97. The van der Waals surface area contributed by atoms with Crippen LogP contribution >= 0.6 is 0 Å². The van der Waals surface area contributed by atoms with E-state index >= 15 is 0 Å². The van der Waals surface area contributed by atoms with Crippen LogP contribution in [0.3, 0.4) is 0 Å². The molecule has 1 aromatic carbocycles. The minimum absolute atomic E-state index is 0.194. The van der Waals surface area contributed by atoms with Crippen molar-refractivity contribution in [3.8, 4) is 5.69 Å². The first-order valence-corrected chi connectivity index (χ1v) is 8.24. The Kier molecular flexibility index (Phi) is 3.37. The number of benzene rings is 1. The van der Waals surface area contributed by atoms with Crippen molar-refractivity contribution in [1.82, 2.24) is 19.0 Å². The average Bonchev–Trinajstić information content (AvgIpc) is 3.04. The molecule has 2 aromatic heterocycles. The van der Waals surface area contributed by atoms with Crippen LogP contribution in [-0.2, 0) is 10.0 Å². The third-order valence-electron chi connectivity index (χ3n) is 3.42. The van der Waals surface area contributed by atoms with Crippen LogP contribution in [0.4, 0.5) is 0 Å². The molecule has 22 heavy (non-hydrogen) atoms. The molecule has 0 aliphatic carbocycles. The molecule has 0 saturated carbocycles. The van der Waals surface area contributed by atoms with Crippen LogP contribution in [0.15, 0.2) is 47.6 Å². The molecular formula is C15H16N4O2S. The lowest BCUT2D eigenvalue weighted by Crippen LogP contribution is -2.15. The standard InChI is InChI=1S/C15H16N4O2S/c1-11-9-16-18(10-11)22(20,21)15-12(2)17-19(13(15)3)14-7-5-4-6-8-14/h4-10H,1-3H3. The predicted octanol–water partition coefficient (Wildman–Crippen LogP) is 2.23. The van der Waals surface area contributed by atoms with Crippen molar-refractivity contribution in [3.63, 3.8) is 0 Å². The van der Waals surface area contributed by atoms with Crippen molar-refractivity contribution in [2.45, 2.75) is 25.7 Å². The van der Waals surface area contributed by atoms with Gasteiger partial charge in [0.15, 0.2) is 0 Å². The van der Waals surface area contributed by atoms with Crippen LogP contribution in [0, 0.1) is 20.8 Å². The first-order valence-electron chi connectivity index (χ1n) is 6.80. The Bertz CT molecular complexity index is 924. The summed E-state index contributed by atoms with van der Waals surface area (Å²) in [6, 6.07) is 9.44. The summed E-state index contributed by atoms with van der Waals surface area (Å²) < 4.78 is 28.2. The smallest absolute Gasteiger partial charge is 0.236 e. The first-order chi connectivity index (χ1) is 10.4. The summed E-state index contributed by atoms with van der Waals surface area (Å²) in [4.78, 5) is 0.194. The van der Waals surface area contributed by atoms with E-state index in [1.165, 1.54) is 12.4 Å². The van der Waals surface area contributed by atoms with Crippen LogP contribution in [0.1, 0.15) is 17.0 Å². The Morgan fingerprint density at radius 3 is 2.32 bits per heavy atom. The van der Waals surface area contributed by atoms with Gasteiger partial charge in [0.25, 0.3) is 10.0 Å². The van der Waals surface area contributed by atoms with Gasteiger partial charge in [-0.15, -0.1) is 0 Å². The number of aromatic nitrogens is 4. The number of hydrogen-bond donors (Lipinski definition) is 0. The number of para-hydroxylation sites is 1. The third-order valence-corrected chi connectivity index (χ3v) is 5.22. The van der Waals surface area contributed by atoms with Crippen LogP contribution in [0.5, 0.6) is 0 Å². The van der Waals surface area contributed by atoms with Crippen molar-refractivity contribution in [2.75, 3.05) is 0 Å². The molecule has 3 aromatic rings. The van der Waals surface area contributed by atoms with Crippen LogP contribution in [0.25, 0.3) is 5.69 Å². The largest absolute Gasteiger partial charge is 0.286 e. The summed E-state index contributed by atoms with van der Waals surface area (Å²) in [6.07, 6.45) is 3.01. The molecule has 0 amide bonds. The maximum absolute atomic E-state index is 12.8. The topological polar surface area (TPSA) is 69.8 Å². The monoisotopic (exact) mass is 316 g/mol. The summed E-state index contributed by atoms with van der Waals surface area (Å²) in [5.74, 6) is 0. The van der Waals surface area contributed by atoms with Gasteiger partial charge < -0.3 is 0 Å². The van der Waals surface area contributed by atoms with Gasteiger partial charge in [-0.3, -0.25) is 0 Å². The number of nitrogens with zero attached hydrogens (tertiary/aromatic N) is 4. The van der Waals surface area contributed by atoms with E-state index in [0.29, 0.717) is 11.4 Å². The molecule has 7 heteroatoms. The van der Waals surface area contributed by atoms with Gasteiger partial charge in [-0.2, -0.15) is 22.7 Å². The zero-order valence-electron chi connectivity index (χ0n) is 12.6. The highest BCUT2D eigenvalue weighted by Crippen LogP contribution is 2.24. The molecule has 0 N–H and O–H groups in total. The second-order valence-corrected chi connectivity index (χ2v) is 6.88. The SMILES string of the molecule is Cc1cnn(S(=O)(=O)c2c(C)nn(-c3ccccc3)c2C)c1. The minimum Gasteiger partial charge on any atom is -0.236 e. The van der Waals surface area contributed by atoms with Crippen molar-refractivity contribution < 1.29 is 8.42 Å². The Labute approximate surface area is 129 Å². The Morgan fingerprint density at radius 1 is 1.05 bits per heavy atom. The minimum atomic E-state index is -3.74. The molecule has 0 aliphatic rings. The molecule has 0 unspecified atom stereocenters. The van der Waals surface area contributed by atoms with Crippen molar-refractivity contribution in [3.05, 3.63) is 59.7 Å². The summed E-state index contributed by atoms with van der Waals surface area (Å²) in [5.41, 5.74) is 2.63. The van der Waals surface area contributed by atoms with Gasteiger partial charge in [-0.05, 0) is 38.5 Å². The highest BCUT2D eigenvalue weighted by Gasteiger charge is 2.27. The molecule has 0 bridgehead atoms. The van der Waals surface area contributed by atoms with E-state index in [1.807, 2.05) is 30.3 Å².